The summed E-state index contributed by atoms with van der Waals surface area (Å²) in [5.41, 5.74) is 0.750. The van der Waals surface area contributed by atoms with E-state index in [0.29, 0.717) is 6.04 Å². The number of piperidine rings is 1. The number of rotatable bonds is 5. The number of benzene rings is 1. The fourth-order valence-electron chi connectivity index (χ4n) is 5.05. The Bertz CT molecular complexity index is 664. The summed E-state index contributed by atoms with van der Waals surface area (Å²) in [6.45, 7) is 3.95. The minimum absolute atomic E-state index is 0.130. The molecule has 5 nitrogen and oxygen atoms in total. The molecular weight excluding hydrogens is 350 g/mol. The van der Waals surface area contributed by atoms with Crippen LogP contribution in [0, 0.1) is 0 Å². The Morgan fingerprint density at radius 1 is 1.04 bits per heavy atom. The van der Waals surface area contributed by atoms with Crippen molar-refractivity contribution in [2.45, 2.75) is 63.1 Å². The highest BCUT2D eigenvalue weighted by molar-refractivity contribution is 5.94. The zero-order valence-electron chi connectivity index (χ0n) is 17.5. The molecule has 5 heteroatoms. The van der Waals surface area contributed by atoms with E-state index in [1.807, 2.05) is 29.2 Å². The highest BCUT2D eigenvalue weighted by Crippen LogP contribution is 2.28. The van der Waals surface area contributed by atoms with Gasteiger partial charge in [-0.25, -0.2) is 0 Å². The molecule has 1 atom stereocenters. The third kappa shape index (κ3) is 4.52. The molecule has 1 aromatic rings. The van der Waals surface area contributed by atoms with Crippen LogP contribution in [0.1, 0.15) is 55.3 Å². The number of amides is 1. The highest BCUT2D eigenvalue weighted by Gasteiger charge is 2.29. The molecule has 0 bridgehead atoms. The van der Waals surface area contributed by atoms with E-state index in [4.69, 9.17) is 4.74 Å². The molecule has 0 radical (unpaired) electrons. The molecule has 1 aliphatic carbocycles. The van der Waals surface area contributed by atoms with Crippen molar-refractivity contribution in [3.05, 3.63) is 29.8 Å². The summed E-state index contributed by atoms with van der Waals surface area (Å²) in [5.74, 6) is 0.972. The maximum atomic E-state index is 12.9. The molecule has 1 aromatic carbocycles. The predicted molar refractivity (Wildman–Crippen MR) is 112 cm³/mol. The lowest BCUT2D eigenvalue weighted by Crippen LogP contribution is -2.43. The van der Waals surface area contributed by atoms with E-state index in [-0.39, 0.29) is 12.0 Å². The second kappa shape index (κ2) is 8.83. The third-order valence-corrected chi connectivity index (χ3v) is 6.88. The summed E-state index contributed by atoms with van der Waals surface area (Å²) >= 11 is 0. The number of likely N-dealkylation sites (N-methyl/N-ethyl adjacent to an activating group) is 1. The Kier molecular flexibility index (Phi) is 6.22. The van der Waals surface area contributed by atoms with Gasteiger partial charge in [0.2, 0.25) is 0 Å². The third-order valence-electron chi connectivity index (χ3n) is 6.88. The molecule has 1 saturated carbocycles. The van der Waals surface area contributed by atoms with Gasteiger partial charge in [-0.15, -0.1) is 0 Å². The first kappa shape index (κ1) is 19.7. The van der Waals surface area contributed by atoms with Crippen LogP contribution in [0.2, 0.25) is 0 Å². The number of carbonyl (C=O) groups excluding carboxylic acids is 1. The van der Waals surface area contributed by atoms with Gasteiger partial charge in [-0.2, -0.15) is 0 Å². The quantitative estimate of drug-likeness (QED) is 0.780. The van der Waals surface area contributed by atoms with Gasteiger partial charge in [-0.1, -0.05) is 18.9 Å². The van der Waals surface area contributed by atoms with Gasteiger partial charge in [0.15, 0.2) is 0 Å². The molecule has 154 valence electrons. The van der Waals surface area contributed by atoms with Crippen LogP contribution in [-0.2, 0) is 0 Å². The van der Waals surface area contributed by atoms with Crippen molar-refractivity contribution in [2.24, 2.45) is 0 Å². The maximum Gasteiger partial charge on any atom is 0.254 e. The van der Waals surface area contributed by atoms with E-state index in [9.17, 15) is 4.79 Å². The van der Waals surface area contributed by atoms with Crippen molar-refractivity contribution in [1.82, 2.24) is 14.7 Å². The Labute approximate surface area is 169 Å². The van der Waals surface area contributed by atoms with Crippen LogP contribution >= 0.6 is 0 Å². The monoisotopic (exact) mass is 385 g/mol. The van der Waals surface area contributed by atoms with E-state index >= 15 is 0 Å². The summed E-state index contributed by atoms with van der Waals surface area (Å²) in [5, 5.41) is 0. The molecule has 0 N–H and O–H groups in total. The lowest BCUT2D eigenvalue weighted by molar-refractivity contribution is 0.0752. The smallest absolute Gasteiger partial charge is 0.254 e. The van der Waals surface area contributed by atoms with Gasteiger partial charge in [0.05, 0.1) is 0 Å². The van der Waals surface area contributed by atoms with Crippen LogP contribution in [0.25, 0.3) is 0 Å². The molecule has 3 fully saturated rings. The summed E-state index contributed by atoms with van der Waals surface area (Å²) in [4.78, 5) is 19.8. The van der Waals surface area contributed by atoms with Crippen LogP contribution in [0.15, 0.2) is 24.3 Å². The number of likely N-dealkylation sites (tertiary alicyclic amines) is 2. The predicted octanol–water partition coefficient (Wildman–Crippen LogP) is 3.25. The number of nitrogens with zero attached hydrogens (tertiary/aromatic N) is 3. The molecule has 4 rings (SSSR count). The zero-order valence-corrected chi connectivity index (χ0v) is 17.5. The van der Waals surface area contributed by atoms with Crippen molar-refractivity contribution >= 4 is 5.91 Å². The van der Waals surface area contributed by atoms with Gasteiger partial charge >= 0.3 is 0 Å². The molecule has 0 unspecified atom stereocenters. The van der Waals surface area contributed by atoms with Gasteiger partial charge in [0.25, 0.3) is 5.91 Å². The van der Waals surface area contributed by atoms with E-state index in [0.717, 1.165) is 62.8 Å². The normalized spacial score (nSPS) is 25.0. The van der Waals surface area contributed by atoms with Gasteiger partial charge < -0.3 is 19.4 Å². The van der Waals surface area contributed by atoms with Crippen LogP contribution in [0.4, 0.5) is 0 Å². The van der Waals surface area contributed by atoms with Gasteiger partial charge in [-0.3, -0.25) is 4.79 Å². The highest BCUT2D eigenvalue weighted by atomic mass is 16.5. The van der Waals surface area contributed by atoms with Gasteiger partial charge in [-0.05, 0) is 64.4 Å². The van der Waals surface area contributed by atoms with Crippen LogP contribution in [-0.4, -0.2) is 79.1 Å². The zero-order chi connectivity index (χ0) is 19.5. The standard InChI is InChI=1S/C23H35N3O2/c1-24(2)20-10-13-26(17-20)23(27)18-6-5-9-22(16-18)28-21-11-14-25(15-12-21)19-7-3-4-8-19/h5-6,9,16,19-21H,3-4,7-8,10-15,17H2,1-2H3/t20-/m1/s1. The Morgan fingerprint density at radius 2 is 1.79 bits per heavy atom. The van der Waals surface area contributed by atoms with Crippen LogP contribution < -0.4 is 4.74 Å². The van der Waals surface area contributed by atoms with Gasteiger partial charge in [0.1, 0.15) is 11.9 Å². The Hall–Kier alpha value is -1.59. The molecule has 1 amide bonds. The summed E-state index contributed by atoms with van der Waals surface area (Å²) < 4.78 is 6.27. The van der Waals surface area contributed by atoms with Crippen molar-refractivity contribution in [1.29, 1.82) is 0 Å². The molecular formula is C23H35N3O2. The second-order valence-electron chi connectivity index (χ2n) is 8.98. The maximum absolute atomic E-state index is 12.9. The molecule has 0 spiro atoms. The largest absolute Gasteiger partial charge is 0.490 e. The van der Waals surface area contributed by atoms with Crippen LogP contribution in [0.3, 0.4) is 0 Å². The first-order chi connectivity index (χ1) is 13.6. The minimum atomic E-state index is 0.130. The summed E-state index contributed by atoms with van der Waals surface area (Å²) in [6.07, 6.45) is 9.04. The SMILES string of the molecule is CN(C)[C@@H]1CCN(C(=O)c2cccc(OC3CCN(C4CCCC4)CC3)c2)C1. The van der Waals surface area contributed by atoms with Crippen molar-refractivity contribution in [3.8, 4) is 5.75 Å². The van der Waals surface area contributed by atoms with Crippen molar-refractivity contribution in [3.63, 3.8) is 0 Å². The average molecular weight is 386 g/mol. The molecule has 2 aliphatic heterocycles. The molecule has 2 heterocycles. The number of ether oxygens (including phenoxy) is 1. The molecule has 2 saturated heterocycles. The first-order valence-electron chi connectivity index (χ1n) is 11.1. The Balaban J connectivity index is 1.31. The minimum Gasteiger partial charge on any atom is -0.490 e. The molecule has 28 heavy (non-hydrogen) atoms. The van der Waals surface area contributed by atoms with E-state index in [1.165, 1.54) is 25.7 Å². The average Bonchev–Trinajstić information content (AvgIpc) is 3.40. The molecule has 3 aliphatic rings. The van der Waals surface area contributed by atoms with Crippen molar-refractivity contribution in [2.75, 3.05) is 40.3 Å². The summed E-state index contributed by atoms with van der Waals surface area (Å²) in [6, 6.07) is 9.08. The molecule has 0 aromatic heterocycles. The van der Waals surface area contributed by atoms with E-state index in [2.05, 4.69) is 23.9 Å². The topological polar surface area (TPSA) is 36.0 Å². The lowest BCUT2D eigenvalue weighted by Gasteiger charge is -2.36. The van der Waals surface area contributed by atoms with E-state index in [1.54, 1.807) is 0 Å². The lowest BCUT2D eigenvalue weighted by atomic mass is 10.0. The van der Waals surface area contributed by atoms with Gasteiger partial charge in [0, 0.05) is 43.8 Å². The van der Waals surface area contributed by atoms with Crippen LogP contribution in [0.5, 0.6) is 5.75 Å². The fourth-order valence-corrected chi connectivity index (χ4v) is 5.05. The first-order valence-corrected chi connectivity index (χ1v) is 11.1. The van der Waals surface area contributed by atoms with Crippen molar-refractivity contribution < 1.29 is 9.53 Å². The second-order valence-corrected chi connectivity index (χ2v) is 8.98. The summed E-state index contributed by atoms with van der Waals surface area (Å²) in [7, 11) is 4.18. The number of hydrogen-bond donors (Lipinski definition) is 0. The van der Waals surface area contributed by atoms with E-state index < -0.39 is 0 Å². The fraction of sp³-hybridized carbons (Fsp3) is 0.696. The number of hydrogen-bond acceptors (Lipinski definition) is 4. The number of carbonyl (C=O) groups is 1. The Morgan fingerprint density at radius 3 is 2.46 bits per heavy atom.